The Morgan fingerprint density at radius 1 is 1.53 bits per heavy atom. The van der Waals surface area contributed by atoms with Crippen LogP contribution in [-0.4, -0.2) is 29.1 Å². The van der Waals surface area contributed by atoms with Gasteiger partial charge in [-0.3, -0.25) is 14.9 Å². The molecule has 0 bridgehead atoms. The number of carboxylic acid groups (broad SMARTS) is 1. The van der Waals surface area contributed by atoms with Gasteiger partial charge in [0.25, 0.3) is 5.69 Å². The van der Waals surface area contributed by atoms with Crippen molar-refractivity contribution in [2.24, 2.45) is 11.8 Å². The Morgan fingerprint density at radius 2 is 2.21 bits per heavy atom. The Kier molecular flexibility index (Phi) is 3.37. The minimum Gasteiger partial charge on any atom is -0.481 e. The van der Waals surface area contributed by atoms with Gasteiger partial charge in [-0.1, -0.05) is 6.92 Å². The van der Waals surface area contributed by atoms with Crippen molar-refractivity contribution in [1.29, 1.82) is 0 Å². The zero-order valence-corrected chi connectivity index (χ0v) is 10.2. The van der Waals surface area contributed by atoms with E-state index in [0.717, 1.165) is 6.07 Å². The maximum Gasteiger partial charge on any atom is 0.308 e. The van der Waals surface area contributed by atoms with Gasteiger partial charge in [0.2, 0.25) is 0 Å². The highest BCUT2D eigenvalue weighted by molar-refractivity contribution is 5.72. The van der Waals surface area contributed by atoms with E-state index >= 15 is 0 Å². The number of halogens is 1. The summed E-state index contributed by atoms with van der Waals surface area (Å²) in [6.45, 7) is 2.43. The number of benzene rings is 1. The van der Waals surface area contributed by atoms with E-state index in [9.17, 15) is 19.3 Å². The number of aliphatic carboxylic acids is 1. The van der Waals surface area contributed by atoms with Gasteiger partial charge in [-0.15, -0.1) is 0 Å². The number of carbonyl (C=O) groups is 1. The first kappa shape index (κ1) is 13.3. The molecular formula is C12H13FN2O4. The van der Waals surface area contributed by atoms with Crippen molar-refractivity contribution in [1.82, 2.24) is 0 Å². The largest absolute Gasteiger partial charge is 0.481 e. The summed E-state index contributed by atoms with van der Waals surface area (Å²) in [5.74, 6) is -2.24. The Morgan fingerprint density at radius 3 is 2.68 bits per heavy atom. The van der Waals surface area contributed by atoms with Crippen LogP contribution in [0.1, 0.15) is 6.92 Å². The predicted molar refractivity (Wildman–Crippen MR) is 65.6 cm³/mol. The van der Waals surface area contributed by atoms with Crippen molar-refractivity contribution >= 4 is 17.3 Å². The van der Waals surface area contributed by atoms with E-state index in [1.54, 1.807) is 11.8 Å². The first-order valence-electron chi connectivity index (χ1n) is 5.82. The molecule has 1 aliphatic rings. The molecule has 102 valence electrons. The number of carboxylic acids is 1. The predicted octanol–water partition coefficient (Wildman–Crippen LogP) is 1.89. The van der Waals surface area contributed by atoms with E-state index in [1.807, 2.05) is 0 Å². The number of nitro benzene ring substituents is 1. The van der Waals surface area contributed by atoms with Gasteiger partial charge in [0.1, 0.15) is 0 Å². The zero-order valence-electron chi connectivity index (χ0n) is 10.2. The number of anilines is 1. The summed E-state index contributed by atoms with van der Waals surface area (Å²) < 4.78 is 13.8. The molecule has 1 fully saturated rings. The molecule has 19 heavy (non-hydrogen) atoms. The van der Waals surface area contributed by atoms with Crippen LogP contribution in [0.25, 0.3) is 0 Å². The lowest BCUT2D eigenvalue weighted by molar-refractivity contribution is -0.385. The summed E-state index contributed by atoms with van der Waals surface area (Å²) in [5, 5.41) is 19.6. The molecule has 1 aromatic rings. The molecule has 0 aliphatic carbocycles. The Bertz CT molecular complexity index is 534. The fourth-order valence-corrected chi connectivity index (χ4v) is 2.35. The molecule has 7 heteroatoms. The van der Waals surface area contributed by atoms with Crippen LogP contribution in [0.2, 0.25) is 0 Å². The van der Waals surface area contributed by atoms with Gasteiger partial charge in [-0.2, -0.15) is 0 Å². The summed E-state index contributed by atoms with van der Waals surface area (Å²) in [4.78, 5) is 22.5. The van der Waals surface area contributed by atoms with Gasteiger partial charge in [-0.05, 0) is 12.0 Å². The van der Waals surface area contributed by atoms with Crippen molar-refractivity contribution < 1.29 is 19.2 Å². The molecule has 1 heterocycles. The monoisotopic (exact) mass is 268 g/mol. The summed E-state index contributed by atoms with van der Waals surface area (Å²) in [6, 6.07) is 3.40. The standard InChI is InChI=1S/C12H13FN2O4/c1-7-5-14(6-9(7)12(16)17)11-3-2-8(15(18)19)4-10(11)13/h2-4,7,9H,5-6H2,1H3,(H,16,17)/t7-,9-/m1/s1. The molecule has 1 N–H and O–H groups in total. The summed E-state index contributed by atoms with van der Waals surface area (Å²) in [7, 11) is 0. The number of nitro groups is 1. The van der Waals surface area contributed by atoms with Crippen LogP contribution in [0.4, 0.5) is 15.8 Å². The SMILES string of the molecule is C[C@@H]1CN(c2ccc([N+](=O)[O-])cc2F)C[C@H]1C(=O)O. The second-order valence-corrected chi connectivity index (χ2v) is 4.72. The van der Waals surface area contributed by atoms with Crippen LogP contribution in [0.3, 0.4) is 0 Å². The first-order chi connectivity index (χ1) is 8.90. The van der Waals surface area contributed by atoms with Gasteiger partial charge in [0, 0.05) is 19.2 Å². The van der Waals surface area contributed by atoms with Gasteiger partial charge < -0.3 is 10.0 Å². The molecule has 0 amide bonds. The molecule has 6 nitrogen and oxygen atoms in total. The fourth-order valence-electron chi connectivity index (χ4n) is 2.35. The quantitative estimate of drug-likeness (QED) is 0.668. The Labute approximate surface area is 108 Å². The molecule has 0 spiro atoms. The highest BCUT2D eigenvalue weighted by Crippen LogP contribution is 2.31. The topological polar surface area (TPSA) is 83.7 Å². The molecule has 1 aromatic carbocycles. The average molecular weight is 268 g/mol. The number of nitrogens with zero attached hydrogens (tertiary/aromatic N) is 2. The summed E-state index contributed by atoms with van der Waals surface area (Å²) in [5.41, 5.74) is -0.107. The van der Waals surface area contributed by atoms with E-state index in [4.69, 9.17) is 5.11 Å². The third-order valence-electron chi connectivity index (χ3n) is 3.41. The molecule has 0 saturated carbocycles. The van der Waals surface area contributed by atoms with Gasteiger partial charge in [0.15, 0.2) is 5.82 Å². The first-order valence-corrected chi connectivity index (χ1v) is 5.82. The second-order valence-electron chi connectivity index (χ2n) is 4.72. The Balaban J connectivity index is 2.24. The van der Waals surface area contributed by atoms with Crippen LogP contribution < -0.4 is 4.90 Å². The van der Waals surface area contributed by atoms with Crippen molar-refractivity contribution in [3.63, 3.8) is 0 Å². The van der Waals surface area contributed by atoms with E-state index < -0.39 is 22.6 Å². The lowest BCUT2D eigenvalue weighted by Gasteiger charge is -2.18. The normalized spacial score (nSPS) is 22.5. The lowest BCUT2D eigenvalue weighted by Crippen LogP contribution is -2.23. The summed E-state index contributed by atoms with van der Waals surface area (Å²) in [6.07, 6.45) is 0. The van der Waals surface area contributed by atoms with Crippen LogP contribution in [0.5, 0.6) is 0 Å². The molecule has 2 rings (SSSR count). The van der Waals surface area contributed by atoms with Crippen LogP contribution in [0, 0.1) is 27.8 Å². The second kappa shape index (κ2) is 4.83. The van der Waals surface area contributed by atoms with Crippen LogP contribution in [-0.2, 0) is 4.79 Å². The maximum absolute atomic E-state index is 13.8. The van der Waals surface area contributed by atoms with Crippen molar-refractivity contribution in [2.45, 2.75) is 6.92 Å². The third kappa shape index (κ3) is 2.49. The molecular weight excluding hydrogens is 255 g/mol. The number of non-ortho nitro benzene ring substituents is 1. The van der Waals surface area contributed by atoms with E-state index in [2.05, 4.69) is 0 Å². The van der Waals surface area contributed by atoms with E-state index in [0.29, 0.717) is 6.54 Å². The molecule has 1 saturated heterocycles. The zero-order chi connectivity index (χ0) is 14.2. The van der Waals surface area contributed by atoms with Crippen LogP contribution in [0.15, 0.2) is 18.2 Å². The molecule has 2 atom stereocenters. The van der Waals surface area contributed by atoms with Gasteiger partial charge in [-0.25, -0.2) is 4.39 Å². The van der Waals surface area contributed by atoms with E-state index in [-0.39, 0.29) is 23.8 Å². The third-order valence-corrected chi connectivity index (χ3v) is 3.41. The van der Waals surface area contributed by atoms with Crippen molar-refractivity contribution in [3.8, 4) is 0 Å². The smallest absolute Gasteiger partial charge is 0.308 e. The fraction of sp³-hybridized carbons (Fsp3) is 0.417. The average Bonchev–Trinajstić information content (AvgIpc) is 2.71. The highest BCUT2D eigenvalue weighted by atomic mass is 19.1. The van der Waals surface area contributed by atoms with Crippen molar-refractivity contribution in [2.75, 3.05) is 18.0 Å². The highest BCUT2D eigenvalue weighted by Gasteiger charge is 2.35. The lowest BCUT2D eigenvalue weighted by atomic mass is 9.99. The minimum absolute atomic E-state index is 0.0907. The molecule has 0 radical (unpaired) electrons. The number of hydrogen-bond acceptors (Lipinski definition) is 4. The molecule has 0 aromatic heterocycles. The van der Waals surface area contributed by atoms with Crippen molar-refractivity contribution in [3.05, 3.63) is 34.1 Å². The van der Waals surface area contributed by atoms with Gasteiger partial charge in [0.05, 0.1) is 22.6 Å². The molecule has 1 aliphatic heterocycles. The van der Waals surface area contributed by atoms with Gasteiger partial charge >= 0.3 is 5.97 Å². The number of hydrogen-bond donors (Lipinski definition) is 1. The van der Waals surface area contributed by atoms with Crippen LogP contribution >= 0.6 is 0 Å². The minimum atomic E-state index is -0.905. The maximum atomic E-state index is 13.8. The Hall–Kier alpha value is -2.18. The molecule has 0 unspecified atom stereocenters. The summed E-state index contributed by atoms with van der Waals surface area (Å²) >= 11 is 0. The number of rotatable bonds is 3. The van der Waals surface area contributed by atoms with E-state index in [1.165, 1.54) is 12.1 Å².